The fourth-order valence-electron chi connectivity index (χ4n) is 4.21. The number of rotatable bonds is 10. The van der Waals surface area contributed by atoms with Crippen LogP contribution in [0.4, 0.5) is 0 Å². The zero-order valence-corrected chi connectivity index (χ0v) is 25.6. The van der Waals surface area contributed by atoms with Crippen LogP contribution >= 0.6 is 0 Å². The molecule has 0 aliphatic carbocycles. The fourth-order valence-corrected chi connectivity index (χ4v) is 4.21. The number of carbonyl (C=O) groups excluding carboxylic acids is 3. The van der Waals surface area contributed by atoms with Crippen LogP contribution in [0.5, 0.6) is 0 Å². The number of carbonyl (C=O) groups is 3. The van der Waals surface area contributed by atoms with Crippen molar-refractivity contribution < 1.29 is 55.9 Å². The predicted octanol–water partition coefficient (Wildman–Crippen LogP) is 0.694. The van der Waals surface area contributed by atoms with Gasteiger partial charge < -0.3 is 34.4 Å². The summed E-state index contributed by atoms with van der Waals surface area (Å²) >= 11 is 0. The van der Waals surface area contributed by atoms with Crippen LogP contribution in [-0.4, -0.2) is 66.2 Å². The Balaban J connectivity index is 0.00000529. The number of aliphatic hydroxyl groups is 2. The maximum Gasteiger partial charge on any atom is 3.00 e. The minimum Gasteiger partial charge on any atom is -0.657 e. The summed E-state index contributed by atoms with van der Waals surface area (Å²) in [7, 11) is 0. The van der Waals surface area contributed by atoms with Gasteiger partial charge in [-0.1, -0.05) is 24.3 Å². The topological polar surface area (TPSA) is 172 Å². The standard InChI is InChI=1S/C31H31N4O8.Mn/c1-5-41-29(38)25(19-9-8-16-32-19)20-12-13-23(34-20)27(31(40)43-7-3)24-15-14-22(35-24)26(30(39)42-6-2)21-11-10-18(33-21)17(4)28(36)37;/h8-16,28,36-37H,5-7H2,1-4H3,(H-,32,33,34,35,38,39,40);/q-1;+3/p-1/b18-17+;. The Hall–Kier alpha value is -4.55. The Bertz CT molecular complexity index is 1740. The van der Waals surface area contributed by atoms with Crippen LogP contribution in [0.2, 0.25) is 0 Å². The molecular formula is C31H30MnN4O8+. The van der Waals surface area contributed by atoms with Crippen molar-refractivity contribution in [3.63, 3.8) is 0 Å². The summed E-state index contributed by atoms with van der Waals surface area (Å²) in [5.41, 5.74) is 1.45. The van der Waals surface area contributed by atoms with E-state index in [1.165, 1.54) is 37.4 Å². The van der Waals surface area contributed by atoms with Crippen molar-refractivity contribution in [2.24, 2.45) is 9.98 Å². The molecule has 228 valence electrons. The monoisotopic (exact) mass is 641 g/mol. The van der Waals surface area contributed by atoms with E-state index in [2.05, 4.69) is 20.0 Å². The van der Waals surface area contributed by atoms with Crippen molar-refractivity contribution in [2.45, 2.75) is 34.0 Å². The molecule has 0 bridgehead atoms. The van der Waals surface area contributed by atoms with Crippen LogP contribution in [0.3, 0.4) is 0 Å². The molecule has 0 saturated carbocycles. The van der Waals surface area contributed by atoms with E-state index in [4.69, 9.17) is 14.2 Å². The molecule has 13 heteroatoms. The molecule has 2 N–H and O–H groups in total. The van der Waals surface area contributed by atoms with Gasteiger partial charge in [-0.15, -0.1) is 22.1 Å². The quantitative estimate of drug-likeness (QED) is 0.124. The smallest absolute Gasteiger partial charge is 0.657 e. The first-order valence-electron chi connectivity index (χ1n) is 13.5. The van der Waals surface area contributed by atoms with Gasteiger partial charge in [0.2, 0.25) is 0 Å². The molecule has 0 radical (unpaired) electrons. The summed E-state index contributed by atoms with van der Waals surface area (Å²) in [6, 6.07) is 6.20. The largest absolute Gasteiger partial charge is 3.00 e. The van der Waals surface area contributed by atoms with E-state index in [9.17, 15) is 24.6 Å². The average Bonchev–Trinajstić information content (AvgIpc) is 3.79. The van der Waals surface area contributed by atoms with Crippen LogP contribution in [0.15, 0.2) is 69.9 Å². The van der Waals surface area contributed by atoms with Crippen molar-refractivity contribution in [3.8, 4) is 0 Å². The van der Waals surface area contributed by atoms with Gasteiger partial charge in [0.05, 0.1) is 53.6 Å². The van der Waals surface area contributed by atoms with Crippen LogP contribution < -0.4 is 20.7 Å². The number of ether oxygens (including phenoxy) is 3. The third-order valence-corrected chi connectivity index (χ3v) is 6.24. The molecule has 2 aliphatic rings. The molecular weight excluding hydrogens is 611 g/mol. The van der Waals surface area contributed by atoms with Gasteiger partial charge in [0, 0.05) is 6.21 Å². The molecule has 0 atom stereocenters. The van der Waals surface area contributed by atoms with E-state index >= 15 is 0 Å². The second-order valence-electron chi connectivity index (χ2n) is 9.01. The number of aromatic nitrogens is 2. The maximum absolute atomic E-state index is 13.2. The summed E-state index contributed by atoms with van der Waals surface area (Å²) in [6.45, 7) is 6.81. The Morgan fingerprint density at radius 3 is 1.82 bits per heavy atom. The number of esters is 3. The first-order valence-corrected chi connectivity index (χ1v) is 13.5. The minimum atomic E-state index is -1.72. The van der Waals surface area contributed by atoms with Gasteiger partial charge in [-0.05, 0) is 57.6 Å². The van der Waals surface area contributed by atoms with Gasteiger partial charge in [0.1, 0.15) is 0 Å². The fraction of sp³-hybridized carbons (Fsp3) is 0.258. The molecule has 4 heterocycles. The zero-order valence-electron chi connectivity index (χ0n) is 24.4. The molecule has 0 fully saturated rings. The summed E-state index contributed by atoms with van der Waals surface area (Å²) in [5.74, 6) is -2.04. The Morgan fingerprint density at radius 2 is 1.30 bits per heavy atom. The summed E-state index contributed by atoms with van der Waals surface area (Å²) in [5, 5.41) is 19.5. The summed E-state index contributed by atoms with van der Waals surface area (Å²) < 4.78 is 15.8. The van der Waals surface area contributed by atoms with E-state index in [0.717, 1.165) is 0 Å². The van der Waals surface area contributed by atoms with Gasteiger partial charge in [-0.2, -0.15) is 0 Å². The van der Waals surface area contributed by atoms with E-state index in [-0.39, 0.29) is 92.7 Å². The van der Waals surface area contributed by atoms with Crippen molar-refractivity contribution in [3.05, 3.63) is 82.0 Å². The molecule has 44 heavy (non-hydrogen) atoms. The normalized spacial score (nSPS) is 17.2. The molecule has 0 saturated heterocycles. The average molecular weight is 642 g/mol. The molecule has 2 aromatic rings. The van der Waals surface area contributed by atoms with Crippen molar-refractivity contribution >= 4 is 52.1 Å². The summed E-state index contributed by atoms with van der Waals surface area (Å²) in [4.78, 5) is 56.7. The first-order chi connectivity index (χ1) is 20.7. The Kier molecular flexibility index (Phi) is 11.8. The minimum absolute atomic E-state index is 0. The van der Waals surface area contributed by atoms with Crippen molar-refractivity contribution in [2.75, 3.05) is 19.8 Å². The first kappa shape index (κ1) is 33.9. The summed E-state index contributed by atoms with van der Waals surface area (Å²) in [6.07, 6.45) is 6.20. The predicted molar refractivity (Wildman–Crippen MR) is 157 cm³/mol. The van der Waals surface area contributed by atoms with E-state index < -0.39 is 24.2 Å². The maximum atomic E-state index is 13.2. The number of allylic oxidation sites excluding steroid dienone is 4. The van der Waals surface area contributed by atoms with Crippen molar-refractivity contribution in [1.29, 1.82) is 0 Å². The number of aliphatic hydroxyl groups excluding tert-OH is 1. The molecule has 0 unspecified atom stereocenters. The van der Waals surface area contributed by atoms with Gasteiger partial charge in [-0.25, -0.2) is 19.4 Å². The van der Waals surface area contributed by atoms with Crippen molar-refractivity contribution in [1.82, 2.24) is 9.97 Å². The van der Waals surface area contributed by atoms with E-state index in [1.807, 2.05) is 0 Å². The van der Waals surface area contributed by atoms with Crippen LogP contribution in [0.25, 0.3) is 22.3 Å². The number of hydrogen-bond donors (Lipinski definition) is 2. The van der Waals surface area contributed by atoms with Crippen LogP contribution in [0.1, 0.15) is 39.1 Å². The van der Waals surface area contributed by atoms with E-state index in [1.54, 1.807) is 45.1 Å². The van der Waals surface area contributed by atoms with Crippen LogP contribution in [0, 0.1) is 0 Å². The molecule has 12 nitrogen and oxygen atoms in total. The van der Waals surface area contributed by atoms with Gasteiger partial charge >= 0.3 is 35.0 Å². The molecule has 0 amide bonds. The third-order valence-electron chi connectivity index (χ3n) is 6.24. The zero-order chi connectivity index (χ0) is 31.1. The van der Waals surface area contributed by atoms with Gasteiger partial charge in [0.25, 0.3) is 0 Å². The van der Waals surface area contributed by atoms with Gasteiger partial charge in [-0.3, -0.25) is 4.99 Å². The Morgan fingerprint density at radius 1 is 0.750 bits per heavy atom. The molecule has 0 aromatic carbocycles. The molecule has 0 spiro atoms. The number of nitrogens with zero attached hydrogens (tertiary/aromatic N) is 4. The number of aliphatic imine (C=N–C) groups is 2. The van der Waals surface area contributed by atoms with Gasteiger partial charge in [0.15, 0.2) is 6.29 Å². The third kappa shape index (κ3) is 7.32. The molecule has 2 aliphatic heterocycles. The SMILES string of the molecule is CCOC(=O)/C(=C1\C=CC=N1)c1ccc(/C(C(=O)OCC)=C2/C=CC(C(/C(=O)OCC)=c3/cc/c(=C(/C)C(O)O)[n-]3)=N2)[n-]1.[Mn+3]. The second kappa shape index (κ2) is 15.3. The van der Waals surface area contributed by atoms with E-state index in [0.29, 0.717) is 5.70 Å². The Labute approximate surface area is 263 Å². The number of hydrogen-bond acceptors (Lipinski definition) is 10. The molecule has 2 aromatic heterocycles. The van der Waals surface area contributed by atoms with Crippen LogP contribution in [-0.2, 0) is 45.7 Å². The molecule has 4 rings (SSSR count). The second-order valence-corrected chi connectivity index (χ2v) is 9.01.